The normalized spacial score (nSPS) is 19.0. The maximum Gasteiger partial charge on any atom is 0.323 e. The molecular weight excluding hydrogens is 250 g/mol. The second-order valence-corrected chi connectivity index (χ2v) is 5.54. The van der Waals surface area contributed by atoms with Crippen LogP contribution in [0.3, 0.4) is 0 Å². The van der Waals surface area contributed by atoms with E-state index in [2.05, 4.69) is 25.6 Å². The zero-order valence-corrected chi connectivity index (χ0v) is 11.8. The Hall–Kier alpha value is -1.24. The van der Waals surface area contributed by atoms with Gasteiger partial charge in [-0.1, -0.05) is 0 Å². The van der Waals surface area contributed by atoms with Crippen LogP contribution in [0, 0.1) is 0 Å². The zero-order chi connectivity index (χ0) is 13.0. The summed E-state index contributed by atoms with van der Waals surface area (Å²) in [7, 11) is 1.78. The fourth-order valence-corrected chi connectivity index (χ4v) is 2.78. The molecule has 0 radical (unpaired) electrons. The van der Waals surface area contributed by atoms with Crippen molar-refractivity contribution < 1.29 is 4.74 Å². The van der Waals surface area contributed by atoms with Crippen LogP contribution in [0.25, 0.3) is 0 Å². The van der Waals surface area contributed by atoms with Crippen molar-refractivity contribution in [3.63, 3.8) is 0 Å². The SMILES string of the molecule is CNc1nc(NC2CCSC2)nc(OC(C)C)n1. The number of hydrogen-bond donors (Lipinski definition) is 2. The van der Waals surface area contributed by atoms with Gasteiger partial charge in [-0.15, -0.1) is 0 Å². The Morgan fingerprint density at radius 3 is 2.67 bits per heavy atom. The molecule has 1 aliphatic rings. The van der Waals surface area contributed by atoms with E-state index in [0.717, 1.165) is 12.2 Å². The number of rotatable bonds is 5. The van der Waals surface area contributed by atoms with Crippen LogP contribution in [0.5, 0.6) is 6.01 Å². The van der Waals surface area contributed by atoms with Crippen LogP contribution in [0.2, 0.25) is 0 Å². The van der Waals surface area contributed by atoms with Gasteiger partial charge >= 0.3 is 6.01 Å². The van der Waals surface area contributed by atoms with Gasteiger partial charge < -0.3 is 15.4 Å². The third-order valence-electron chi connectivity index (χ3n) is 2.44. The van der Waals surface area contributed by atoms with Gasteiger partial charge in [0.25, 0.3) is 0 Å². The lowest BCUT2D eigenvalue weighted by Crippen LogP contribution is -2.21. The molecule has 6 nitrogen and oxygen atoms in total. The molecule has 100 valence electrons. The molecule has 0 aromatic carbocycles. The van der Waals surface area contributed by atoms with Crippen molar-refractivity contribution in [3.8, 4) is 6.01 Å². The predicted octanol–water partition coefficient (Wildman–Crippen LogP) is 1.62. The second-order valence-electron chi connectivity index (χ2n) is 4.39. The van der Waals surface area contributed by atoms with Crippen LogP contribution in [0.4, 0.5) is 11.9 Å². The number of hydrogen-bond acceptors (Lipinski definition) is 7. The highest BCUT2D eigenvalue weighted by Crippen LogP contribution is 2.21. The lowest BCUT2D eigenvalue weighted by molar-refractivity contribution is 0.222. The fourth-order valence-electron chi connectivity index (χ4n) is 1.63. The van der Waals surface area contributed by atoms with Gasteiger partial charge in [0.1, 0.15) is 0 Å². The Morgan fingerprint density at radius 2 is 2.06 bits per heavy atom. The number of aromatic nitrogens is 3. The third kappa shape index (κ3) is 3.63. The van der Waals surface area contributed by atoms with E-state index >= 15 is 0 Å². The molecule has 18 heavy (non-hydrogen) atoms. The van der Waals surface area contributed by atoms with Gasteiger partial charge in [0.05, 0.1) is 6.10 Å². The van der Waals surface area contributed by atoms with Crippen molar-refractivity contribution in [1.29, 1.82) is 0 Å². The van der Waals surface area contributed by atoms with Crippen molar-refractivity contribution in [2.45, 2.75) is 32.4 Å². The third-order valence-corrected chi connectivity index (χ3v) is 3.60. The summed E-state index contributed by atoms with van der Waals surface area (Å²) < 4.78 is 5.51. The first kappa shape index (κ1) is 13.2. The first-order valence-corrected chi connectivity index (χ1v) is 7.27. The standard InChI is InChI=1S/C11H19N5OS/c1-7(2)17-11-15-9(12-3)14-10(16-11)13-8-4-5-18-6-8/h7-8H,4-6H2,1-3H3,(H2,12,13,14,15,16). The van der Waals surface area contributed by atoms with Crippen molar-refractivity contribution >= 4 is 23.7 Å². The van der Waals surface area contributed by atoms with E-state index < -0.39 is 0 Å². The zero-order valence-electron chi connectivity index (χ0n) is 10.9. The molecule has 1 atom stereocenters. The van der Waals surface area contributed by atoms with Gasteiger partial charge in [-0.05, 0) is 26.0 Å². The summed E-state index contributed by atoms with van der Waals surface area (Å²) in [6.07, 6.45) is 1.19. The van der Waals surface area contributed by atoms with Gasteiger partial charge in [0.15, 0.2) is 0 Å². The topological polar surface area (TPSA) is 72.0 Å². The molecule has 0 saturated carbocycles. The molecule has 0 bridgehead atoms. The second kappa shape index (κ2) is 6.08. The summed E-state index contributed by atoms with van der Waals surface area (Å²) in [6.45, 7) is 3.90. The molecule has 1 aliphatic heterocycles. The van der Waals surface area contributed by atoms with E-state index in [1.807, 2.05) is 25.6 Å². The minimum atomic E-state index is 0.0481. The summed E-state index contributed by atoms with van der Waals surface area (Å²) >= 11 is 1.95. The van der Waals surface area contributed by atoms with E-state index in [9.17, 15) is 0 Å². The molecule has 0 spiro atoms. The van der Waals surface area contributed by atoms with Crippen molar-refractivity contribution in [2.24, 2.45) is 0 Å². The molecule has 0 aliphatic carbocycles. The van der Waals surface area contributed by atoms with Gasteiger partial charge in [0.2, 0.25) is 11.9 Å². The lowest BCUT2D eigenvalue weighted by Gasteiger charge is -2.14. The first-order chi connectivity index (χ1) is 8.67. The minimum absolute atomic E-state index is 0.0481. The number of thioether (sulfide) groups is 1. The fraction of sp³-hybridized carbons (Fsp3) is 0.727. The van der Waals surface area contributed by atoms with Crippen molar-refractivity contribution in [3.05, 3.63) is 0 Å². The Bertz CT molecular complexity index is 395. The van der Waals surface area contributed by atoms with Crippen molar-refractivity contribution in [2.75, 3.05) is 29.2 Å². The van der Waals surface area contributed by atoms with Crippen LogP contribution in [0.1, 0.15) is 20.3 Å². The number of nitrogens with zero attached hydrogens (tertiary/aromatic N) is 3. The average molecular weight is 269 g/mol. The molecular formula is C11H19N5OS. The number of ether oxygens (including phenoxy) is 1. The van der Waals surface area contributed by atoms with Gasteiger partial charge in [-0.3, -0.25) is 0 Å². The van der Waals surface area contributed by atoms with Gasteiger partial charge in [0, 0.05) is 18.8 Å². The average Bonchev–Trinajstić information content (AvgIpc) is 2.80. The highest BCUT2D eigenvalue weighted by molar-refractivity contribution is 7.99. The molecule has 2 N–H and O–H groups in total. The monoisotopic (exact) mass is 269 g/mol. The molecule has 1 unspecified atom stereocenters. The summed E-state index contributed by atoms with van der Waals surface area (Å²) in [5.41, 5.74) is 0. The summed E-state index contributed by atoms with van der Waals surface area (Å²) in [6, 6.07) is 0.798. The van der Waals surface area contributed by atoms with E-state index in [-0.39, 0.29) is 6.10 Å². The molecule has 1 aromatic rings. The Morgan fingerprint density at radius 1 is 1.28 bits per heavy atom. The summed E-state index contributed by atoms with van der Waals surface area (Å²) in [5, 5.41) is 6.24. The van der Waals surface area contributed by atoms with Gasteiger partial charge in [-0.25, -0.2) is 0 Å². The lowest BCUT2D eigenvalue weighted by atomic mass is 10.3. The van der Waals surface area contributed by atoms with E-state index in [4.69, 9.17) is 4.74 Å². The highest BCUT2D eigenvalue weighted by Gasteiger charge is 2.17. The summed E-state index contributed by atoms with van der Waals surface area (Å²) in [4.78, 5) is 12.7. The minimum Gasteiger partial charge on any atom is -0.461 e. The van der Waals surface area contributed by atoms with Crippen LogP contribution < -0.4 is 15.4 Å². The molecule has 7 heteroatoms. The number of anilines is 2. The Labute approximate surface area is 111 Å². The molecule has 0 amide bonds. The molecule has 1 aromatic heterocycles. The first-order valence-electron chi connectivity index (χ1n) is 6.12. The largest absolute Gasteiger partial charge is 0.461 e. The molecule has 2 rings (SSSR count). The Balaban J connectivity index is 2.11. The molecule has 1 saturated heterocycles. The molecule has 2 heterocycles. The van der Waals surface area contributed by atoms with Crippen molar-refractivity contribution in [1.82, 2.24) is 15.0 Å². The van der Waals surface area contributed by atoms with Crippen LogP contribution in [-0.2, 0) is 0 Å². The molecule has 1 fully saturated rings. The maximum atomic E-state index is 5.51. The Kier molecular flexibility index (Phi) is 4.46. The maximum absolute atomic E-state index is 5.51. The van der Waals surface area contributed by atoms with E-state index in [1.54, 1.807) is 7.05 Å². The summed E-state index contributed by atoms with van der Waals surface area (Å²) in [5.74, 6) is 3.39. The quantitative estimate of drug-likeness (QED) is 0.841. The van der Waals surface area contributed by atoms with Crippen LogP contribution in [0.15, 0.2) is 0 Å². The smallest absolute Gasteiger partial charge is 0.323 e. The van der Waals surface area contributed by atoms with E-state index in [0.29, 0.717) is 23.9 Å². The van der Waals surface area contributed by atoms with Crippen LogP contribution >= 0.6 is 11.8 Å². The van der Waals surface area contributed by atoms with E-state index in [1.165, 1.54) is 5.75 Å². The highest BCUT2D eigenvalue weighted by atomic mass is 32.2. The van der Waals surface area contributed by atoms with Crippen LogP contribution in [-0.4, -0.2) is 45.7 Å². The van der Waals surface area contributed by atoms with Gasteiger partial charge in [-0.2, -0.15) is 26.7 Å². The number of nitrogens with one attached hydrogen (secondary N) is 2. The predicted molar refractivity (Wildman–Crippen MR) is 74.5 cm³/mol.